The Hall–Kier alpha value is -3.22. The molecular weight excluding hydrogens is 354 g/mol. The van der Waals surface area contributed by atoms with Gasteiger partial charge in [-0.3, -0.25) is 4.79 Å². The monoisotopic (exact) mass is 377 g/mol. The summed E-state index contributed by atoms with van der Waals surface area (Å²) in [5.74, 6) is 2.20. The minimum atomic E-state index is -0.177. The van der Waals surface area contributed by atoms with Gasteiger partial charge in [0.05, 0.1) is 6.04 Å². The van der Waals surface area contributed by atoms with Gasteiger partial charge in [0.15, 0.2) is 11.6 Å². The topological polar surface area (TPSA) is 73.1 Å². The number of amides is 1. The Labute approximate surface area is 164 Å². The van der Waals surface area contributed by atoms with Crippen LogP contribution >= 0.6 is 0 Å². The summed E-state index contributed by atoms with van der Waals surface area (Å²) >= 11 is 0. The van der Waals surface area contributed by atoms with Crippen molar-refractivity contribution in [3.63, 3.8) is 0 Å². The lowest BCUT2D eigenvalue weighted by molar-refractivity contribution is 0.0713. The zero-order valence-electron chi connectivity index (χ0n) is 16.3. The molecule has 0 spiro atoms. The van der Waals surface area contributed by atoms with Crippen LogP contribution in [0.15, 0.2) is 42.7 Å². The molecule has 0 unspecified atom stereocenters. The van der Waals surface area contributed by atoms with Gasteiger partial charge in [0.25, 0.3) is 5.91 Å². The number of nitrogens with zero attached hydrogens (tertiary/aromatic N) is 5. The number of carbonyl (C=O) groups excluding carboxylic acids is 1. The quantitative estimate of drug-likeness (QED) is 0.695. The lowest BCUT2D eigenvalue weighted by atomic mass is 10.2. The van der Waals surface area contributed by atoms with Gasteiger partial charge in [-0.25, -0.2) is 9.97 Å². The molecule has 1 saturated heterocycles. The van der Waals surface area contributed by atoms with Crippen LogP contribution in [0.4, 0.5) is 0 Å². The van der Waals surface area contributed by atoms with Crippen molar-refractivity contribution >= 4 is 5.91 Å². The van der Waals surface area contributed by atoms with Crippen molar-refractivity contribution in [1.82, 2.24) is 24.4 Å². The van der Waals surface area contributed by atoms with Gasteiger partial charge >= 0.3 is 0 Å². The molecule has 0 radical (unpaired) electrons. The summed E-state index contributed by atoms with van der Waals surface area (Å²) in [6.07, 6.45) is 5.14. The van der Waals surface area contributed by atoms with Crippen LogP contribution in [0.3, 0.4) is 0 Å². The molecule has 1 fully saturated rings. The SMILES string of the molecule is Cc1cc(Oc2ccccc2C)nc([C@@H]2CCCN2C(=O)c2nccn2C)n1. The Morgan fingerprint density at radius 2 is 2.04 bits per heavy atom. The standard InChI is InChI=1S/C21H23N5O2/c1-14-7-4-5-9-17(14)28-18-13-15(2)23-19(24-18)16-8-6-11-26(16)21(27)20-22-10-12-25(20)3/h4-5,7,9-10,12-13,16H,6,8,11H2,1-3H3/t16-/m0/s1. The van der Waals surface area contributed by atoms with Gasteiger partial charge in [-0.05, 0) is 38.3 Å². The molecule has 0 N–H and O–H groups in total. The summed E-state index contributed by atoms with van der Waals surface area (Å²) < 4.78 is 7.74. The van der Waals surface area contributed by atoms with E-state index in [1.54, 1.807) is 17.0 Å². The highest BCUT2D eigenvalue weighted by molar-refractivity contribution is 5.91. The van der Waals surface area contributed by atoms with E-state index < -0.39 is 0 Å². The van der Waals surface area contributed by atoms with Crippen molar-refractivity contribution in [2.45, 2.75) is 32.7 Å². The summed E-state index contributed by atoms with van der Waals surface area (Å²) in [7, 11) is 1.82. The van der Waals surface area contributed by atoms with Gasteiger partial charge in [0.1, 0.15) is 5.75 Å². The van der Waals surface area contributed by atoms with E-state index in [-0.39, 0.29) is 11.9 Å². The maximum absolute atomic E-state index is 13.0. The van der Waals surface area contributed by atoms with Gasteiger partial charge in [-0.15, -0.1) is 0 Å². The zero-order valence-corrected chi connectivity index (χ0v) is 16.3. The summed E-state index contributed by atoms with van der Waals surface area (Å²) in [5, 5.41) is 0. The number of rotatable bonds is 4. The maximum atomic E-state index is 13.0. The number of hydrogen-bond acceptors (Lipinski definition) is 5. The van der Waals surface area contributed by atoms with Crippen LogP contribution in [0.25, 0.3) is 0 Å². The third-order valence-electron chi connectivity index (χ3n) is 4.98. The number of para-hydroxylation sites is 1. The Balaban J connectivity index is 1.63. The number of hydrogen-bond donors (Lipinski definition) is 0. The Kier molecular flexibility index (Phi) is 4.81. The van der Waals surface area contributed by atoms with Gasteiger partial charge in [-0.2, -0.15) is 4.98 Å². The van der Waals surface area contributed by atoms with Crippen LogP contribution in [-0.4, -0.2) is 36.9 Å². The average Bonchev–Trinajstić information content (AvgIpc) is 3.32. The van der Waals surface area contributed by atoms with Gasteiger partial charge in [0.2, 0.25) is 5.88 Å². The molecule has 144 valence electrons. The van der Waals surface area contributed by atoms with Crippen LogP contribution < -0.4 is 4.74 Å². The van der Waals surface area contributed by atoms with Crippen LogP contribution in [0, 0.1) is 13.8 Å². The molecule has 1 amide bonds. The Morgan fingerprint density at radius 3 is 2.79 bits per heavy atom. The number of imidazole rings is 1. The number of ether oxygens (including phenoxy) is 1. The molecule has 1 aliphatic rings. The van der Waals surface area contributed by atoms with Crippen molar-refractivity contribution in [3.05, 3.63) is 65.6 Å². The molecule has 0 bridgehead atoms. The van der Waals surface area contributed by atoms with Crippen molar-refractivity contribution < 1.29 is 9.53 Å². The number of aryl methyl sites for hydroxylation is 3. The molecule has 4 rings (SSSR count). The highest BCUT2D eigenvalue weighted by Gasteiger charge is 2.34. The molecular formula is C21H23N5O2. The molecule has 3 heterocycles. The molecule has 2 aromatic heterocycles. The summed E-state index contributed by atoms with van der Waals surface area (Å²) in [6.45, 7) is 4.58. The first kappa shape index (κ1) is 18.2. The van der Waals surface area contributed by atoms with E-state index >= 15 is 0 Å². The van der Waals surface area contributed by atoms with Crippen LogP contribution in [-0.2, 0) is 7.05 Å². The number of benzene rings is 1. The molecule has 0 saturated carbocycles. The van der Waals surface area contributed by atoms with E-state index in [0.29, 0.717) is 24.1 Å². The Morgan fingerprint density at radius 1 is 1.21 bits per heavy atom. The molecule has 1 aliphatic heterocycles. The molecule has 3 aromatic rings. The second-order valence-electron chi connectivity index (χ2n) is 7.09. The molecule has 1 aromatic carbocycles. The van der Waals surface area contributed by atoms with Crippen molar-refractivity contribution in [1.29, 1.82) is 0 Å². The second-order valence-corrected chi connectivity index (χ2v) is 7.09. The zero-order chi connectivity index (χ0) is 19.7. The van der Waals surface area contributed by atoms with Gasteiger partial charge in [0, 0.05) is 37.7 Å². The van der Waals surface area contributed by atoms with Crippen molar-refractivity contribution in [2.24, 2.45) is 7.05 Å². The number of aromatic nitrogens is 4. The van der Waals surface area contributed by atoms with Crippen molar-refractivity contribution in [2.75, 3.05) is 6.54 Å². The minimum absolute atomic E-state index is 0.0959. The van der Waals surface area contributed by atoms with E-state index in [1.165, 1.54) is 0 Å². The molecule has 1 atom stereocenters. The highest BCUT2D eigenvalue weighted by Crippen LogP contribution is 2.33. The van der Waals surface area contributed by atoms with E-state index in [2.05, 4.69) is 15.0 Å². The summed E-state index contributed by atoms with van der Waals surface area (Å²) in [6, 6.07) is 9.45. The maximum Gasteiger partial charge on any atom is 0.290 e. The van der Waals surface area contributed by atoms with Gasteiger partial charge < -0.3 is 14.2 Å². The predicted molar refractivity (Wildman–Crippen MR) is 104 cm³/mol. The van der Waals surface area contributed by atoms with Crippen LogP contribution in [0.5, 0.6) is 11.6 Å². The van der Waals surface area contributed by atoms with E-state index in [0.717, 1.165) is 29.8 Å². The fraction of sp³-hybridized carbons (Fsp3) is 0.333. The highest BCUT2D eigenvalue weighted by atomic mass is 16.5. The smallest absolute Gasteiger partial charge is 0.290 e. The van der Waals surface area contributed by atoms with E-state index in [1.807, 2.05) is 56.1 Å². The fourth-order valence-electron chi connectivity index (χ4n) is 3.53. The Bertz CT molecular complexity index is 1010. The normalized spacial score (nSPS) is 16.4. The molecule has 7 heteroatoms. The van der Waals surface area contributed by atoms with Crippen molar-refractivity contribution in [3.8, 4) is 11.6 Å². The average molecular weight is 377 g/mol. The second kappa shape index (κ2) is 7.42. The third-order valence-corrected chi connectivity index (χ3v) is 4.98. The molecule has 0 aliphatic carbocycles. The lowest BCUT2D eigenvalue weighted by Gasteiger charge is -2.23. The first-order valence-corrected chi connectivity index (χ1v) is 9.40. The third kappa shape index (κ3) is 3.47. The van der Waals surface area contributed by atoms with Crippen LogP contribution in [0.2, 0.25) is 0 Å². The fourth-order valence-corrected chi connectivity index (χ4v) is 3.53. The number of carbonyl (C=O) groups is 1. The van der Waals surface area contributed by atoms with E-state index in [4.69, 9.17) is 4.74 Å². The first-order valence-electron chi connectivity index (χ1n) is 9.40. The van der Waals surface area contributed by atoms with Crippen LogP contribution in [0.1, 0.15) is 46.6 Å². The minimum Gasteiger partial charge on any atom is -0.439 e. The molecule has 28 heavy (non-hydrogen) atoms. The first-order chi connectivity index (χ1) is 13.5. The largest absolute Gasteiger partial charge is 0.439 e. The lowest BCUT2D eigenvalue weighted by Crippen LogP contribution is -2.33. The molecule has 7 nitrogen and oxygen atoms in total. The summed E-state index contributed by atoms with van der Waals surface area (Å²) in [5.41, 5.74) is 1.85. The summed E-state index contributed by atoms with van der Waals surface area (Å²) in [4.78, 5) is 28.2. The van der Waals surface area contributed by atoms with E-state index in [9.17, 15) is 4.79 Å². The number of likely N-dealkylation sites (tertiary alicyclic amines) is 1. The predicted octanol–water partition coefficient (Wildman–Crippen LogP) is 3.60. The van der Waals surface area contributed by atoms with Gasteiger partial charge in [-0.1, -0.05) is 18.2 Å².